The van der Waals surface area contributed by atoms with Crippen LogP contribution in [0.1, 0.15) is 5.56 Å². The summed E-state index contributed by atoms with van der Waals surface area (Å²) in [5, 5.41) is 2.84. The second kappa shape index (κ2) is 10.5. The highest BCUT2D eigenvalue weighted by Gasteiger charge is 2.12. The average molecular weight is 421 g/mol. The van der Waals surface area contributed by atoms with E-state index >= 15 is 0 Å². The Balaban J connectivity index is 1.45. The highest BCUT2D eigenvalue weighted by atomic mass is 32.2. The summed E-state index contributed by atoms with van der Waals surface area (Å²) in [5.74, 6) is 1.71. The number of anilines is 2. The maximum atomic E-state index is 12.4. The lowest BCUT2D eigenvalue weighted by atomic mass is 10.2. The van der Waals surface area contributed by atoms with Gasteiger partial charge in [0.2, 0.25) is 11.8 Å². The number of thioether (sulfide) groups is 1. The van der Waals surface area contributed by atoms with Crippen molar-refractivity contribution in [3.63, 3.8) is 0 Å². The average Bonchev–Trinajstić information content (AvgIpc) is 2.74. The van der Waals surface area contributed by atoms with Gasteiger partial charge >= 0.3 is 0 Å². The van der Waals surface area contributed by atoms with Gasteiger partial charge in [0.25, 0.3) is 0 Å². The molecule has 0 bridgehead atoms. The van der Waals surface area contributed by atoms with Crippen LogP contribution >= 0.6 is 11.8 Å². The Kier molecular flexibility index (Phi) is 7.51. The van der Waals surface area contributed by atoms with Crippen LogP contribution < -0.4 is 15.0 Å². The van der Waals surface area contributed by atoms with Crippen LogP contribution in [0.3, 0.4) is 0 Å². The minimum atomic E-state index is -0.122. The first-order chi connectivity index (χ1) is 14.5. The SMILES string of the molecule is Cc1cccc(NC(=O)CSCC(=O)N(C)c2ccc(Oc3ccccc3)cc2)c1. The van der Waals surface area contributed by atoms with Crippen LogP contribution in [-0.2, 0) is 9.59 Å². The smallest absolute Gasteiger partial charge is 0.236 e. The number of ether oxygens (including phenoxy) is 1. The number of para-hydroxylation sites is 1. The molecule has 3 aromatic rings. The van der Waals surface area contributed by atoms with Crippen molar-refractivity contribution in [2.75, 3.05) is 28.8 Å². The molecule has 0 fully saturated rings. The molecule has 0 aromatic heterocycles. The Morgan fingerprint density at radius 1 is 0.900 bits per heavy atom. The van der Waals surface area contributed by atoms with E-state index in [4.69, 9.17) is 4.74 Å². The number of benzene rings is 3. The molecule has 5 nitrogen and oxygen atoms in total. The summed E-state index contributed by atoms with van der Waals surface area (Å²) in [5.41, 5.74) is 2.62. The molecule has 30 heavy (non-hydrogen) atoms. The van der Waals surface area contributed by atoms with E-state index in [2.05, 4.69) is 5.32 Å². The zero-order chi connectivity index (χ0) is 21.3. The van der Waals surface area contributed by atoms with Crippen molar-refractivity contribution in [2.24, 2.45) is 0 Å². The van der Waals surface area contributed by atoms with E-state index in [0.29, 0.717) is 5.75 Å². The molecule has 0 aliphatic rings. The third-order valence-corrected chi connectivity index (χ3v) is 5.25. The summed E-state index contributed by atoms with van der Waals surface area (Å²) in [6.07, 6.45) is 0. The van der Waals surface area contributed by atoms with Gasteiger partial charge in [-0.25, -0.2) is 0 Å². The van der Waals surface area contributed by atoms with E-state index in [1.807, 2.05) is 85.8 Å². The molecule has 0 aliphatic heterocycles. The van der Waals surface area contributed by atoms with Crippen LogP contribution in [0.5, 0.6) is 11.5 Å². The second-order valence-corrected chi connectivity index (χ2v) is 7.76. The molecular formula is C24H24N2O3S. The standard InChI is InChI=1S/C24H24N2O3S/c1-18-7-6-8-19(15-18)25-23(27)16-30-17-24(28)26(2)20-11-13-22(14-12-20)29-21-9-4-3-5-10-21/h3-15H,16-17H2,1-2H3,(H,25,27). The minimum Gasteiger partial charge on any atom is -0.457 e. The third kappa shape index (κ3) is 6.39. The number of nitrogens with zero attached hydrogens (tertiary/aromatic N) is 1. The van der Waals surface area contributed by atoms with Gasteiger partial charge in [-0.1, -0.05) is 30.3 Å². The fourth-order valence-corrected chi connectivity index (χ4v) is 3.48. The summed E-state index contributed by atoms with van der Waals surface area (Å²) < 4.78 is 5.77. The Morgan fingerprint density at radius 3 is 2.30 bits per heavy atom. The Labute approximate surface area is 181 Å². The van der Waals surface area contributed by atoms with Gasteiger partial charge in [-0.15, -0.1) is 11.8 Å². The molecule has 2 amide bonds. The highest BCUT2D eigenvalue weighted by molar-refractivity contribution is 8.00. The largest absolute Gasteiger partial charge is 0.457 e. The van der Waals surface area contributed by atoms with Crippen molar-refractivity contribution in [3.05, 3.63) is 84.4 Å². The zero-order valence-electron chi connectivity index (χ0n) is 17.0. The second-order valence-electron chi connectivity index (χ2n) is 6.77. The predicted molar refractivity (Wildman–Crippen MR) is 124 cm³/mol. The van der Waals surface area contributed by atoms with Crippen molar-refractivity contribution < 1.29 is 14.3 Å². The number of rotatable bonds is 8. The van der Waals surface area contributed by atoms with Gasteiger partial charge in [0, 0.05) is 18.4 Å². The van der Waals surface area contributed by atoms with Crippen LogP contribution in [0.25, 0.3) is 0 Å². The van der Waals surface area contributed by atoms with Gasteiger partial charge in [0.15, 0.2) is 0 Å². The van der Waals surface area contributed by atoms with E-state index in [1.54, 1.807) is 11.9 Å². The Hall–Kier alpha value is -3.25. The molecular weight excluding hydrogens is 396 g/mol. The van der Waals surface area contributed by atoms with E-state index in [0.717, 1.165) is 22.7 Å². The van der Waals surface area contributed by atoms with E-state index in [-0.39, 0.29) is 23.3 Å². The molecule has 0 aliphatic carbocycles. The van der Waals surface area contributed by atoms with Crippen molar-refractivity contribution in [1.82, 2.24) is 0 Å². The van der Waals surface area contributed by atoms with Gasteiger partial charge in [0.05, 0.1) is 11.5 Å². The number of aryl methyl sites for hydroxylation is 1. The van der Waals surface area contributed by atoms with Crippen molar-refractivity contribution in [2.45, 2.75) is 6.92 Å². The minimum absolute atomic E-state index is 0.0694. The van der Waals surface area contributed by atoms with Crippen LogP contribution in [0, 0.1) is 6.92 Å². The molecule has 0 atom stereocenters. The van der Waals surface area contributed by atoms with Crippen LogP contribution in [0.15, 0.2) is 78.9 Å². The lowest BCUT2D eigenvalue weighted by Gasteiger charge is -2.17. The van der Waals surface area contributed by atoms with Crippen LogP contribution in [0.4, 0.5) is 11.4 Å². The van der Waals surface area contributed by atoms with Gasteiger partial charge in [0.1, 0.15) is 11.5 Å². The van der Waals surface area contributed by atoms with Gasteiger partial charge in [-0.2, -0.15) is 0 Å². The maximum Gasteiger partial charge on any atom is 0.236 e. The summed E-state index contributed by atoms with van der Waals surface area (Å²) in [4.78, 5) is 26.1. The number of hydrogen-bond donors (Lipinski definition) is 1. The van der Waals surface area contributed by atoms with E-state index < -0.39 is 0 Å². The summed E-state index contributed by atoms with van der Waals surface area (Å²) in [7, 11) is 1.72. The molecule has 1 N–H and O–H groups in total. The van der Waals surface area contributed by atoms with E-state index in [9.17, 15) is 9.59 Å². The fraction of sp³-hybridized carbons (Fsp3) is 0.167. The number of carbonyl (C=O) groups excluding carboxylic acids is 2. The number of nitrogens with one attached hydrogen (secondary N) is 1. The van der Waals surface area contributed by atoms with Gasteiger partial charge in [-0.3, -0.25) is 9.59 Å². The molecule has 0 heterocycles. The number of hydrogen-bond acceptors (Lipinski definition) is 4. The Bertz CT molecular complexity index is 991. The first kappa shape index (κ1) is 21.5. The highest BCUT2D eigenvalue weighted by Crippen LogP contribution is 2.24. The monoisotopic (exact) mass is 420 g/mol. The summed E-state index contributed by atoms with van der Waals surface area (Å²) in [6, 6.07) is 24.5. The van der Waals surface area contributed by atoms with Crippen molar-refractivity contribution >= 4 is 35.0 Å². The van der Waals surface area contributed by atoms with E-state index in [1.165, 1.54) is 11.8 Å². The molecule has 0 saturated carbocycles. The summed E-state index contributed by atoms with van der Waals surface area (Å²) in [6.45, 7) is 1.97. The molecule has 3 aromatic carbocycles. The maximum absolute atomic E-state index is 12.4. The van der Waals surface area contributed by atoms with Gasteiger partial charge < -0.3 is 15.0 Å². The zero-order valence-corrected chi connectivity index (χ0v) is 17.8. The lowest BCUT2D eigenvalue weighted by molar-refractivity contribution is -0.115. The first-order valence-electron chi connectivity index (χ1n) is 9.55. The topological polar surface area (TPSA) is 58.6 Å². The molecule has 154 valence electrons. The molecule has 6 heteroatoms. The van der Waals surface area contributed by atoms with Crippen LogP contribution in [0.2, 0.25) is 0 Å². The first-order valence-corrected chi connectivity index (χ1v) is 10.7. The molecule has 0 unspecified atom stereocenters. The van der Waals surface area contributed by atoms with Gasteiger partial charge in [-0.05, 0) is 61.0 Å². The fourth-order valence-electron chi connectivity index (χ4n) is 2.75. The molecule has 0 saturated heterocycles. The van der Waals surface area contributed by atoms with Crippen molar-refractivity contribution in [3.8, 4) is 11.5 Å². The molecule has 3 rings (SSSR count). The molecule has 0 radical (unpaired) electrons. The number of carbonyl (C=O) groups is 2. The summed E-state index contributed by atoms with van der Waals surface area (Å²) >= 11 is 1.29. The van der Waals surface area contributed by atoms with Crippen molar-refractivity contribution in [1.29, 1.82) is 0 Å². The molecule has 0 spiro atoms. The predicted octanol–water partition coefficient (Wildman–Crippen LogP) is 5.12. The Morgan fingerprint density at radius 2 is 1.60 bits per heavy atom. The third-order valence-electron chi connectivity index (χ3n) is 4.34. The quantitative estimate of drug-likeness (QED) is 0.549. The van der Waals surface area contributed by atoms with Crippen LogP contribution in [-0.4, -0.2) is 30.4 Å². The number of amides is 2. The lowest BCUT2D eigenvalue weighted by Crippen LogP contribution is -2.28. The normalized spacial score (nSPS) is 10.3.